The van der Waals surface area contributed by atoms with E-state index in [1.165, 1.54) is 65.7 Å². The van der Waals surface area contributed by atoms with E-state index in [0.717, 1.165) is 50.1 Å². The quantitative estimate of drug-likeness (QED) is 0.150. The minimum absolute atomic E-state index is 0.905. The lowest BCUT2D eigenvalue weighted by Gasteiger charge is -2.26. The van der Waals surface area contributed by atoms with Crippen LogP contribution in [0.5, 0.6) is 0 Å². The number of fused-ring (bicyclic) bond motifs is 9. The summed E-state index contributed by atoms with van der Waals surface area (Å²) in [5, 5.41) is 9.96. The molecule has 0 amide bonds. The Morgan fingerprint density at radius 2 is 0.629 bits per heavy atom. The van der Waals surface area contributed by atoms with Crippen LogP contribution in [-0.2, 0) is 0 Å². The Hall–Kier alpha value is -8.20. The molecule has 1 heterocycles. The zero-order valence-electron chi connectivity index (χ0n) is 33.9. The van der Waals surface area contributed by atoms with Gasteiger partial charge in [-0.15, -0.1) is 0 Å². The van der Waals surface area contributed by atoms with Crippen LogP contribution >= 0.6 is 0 Å². The fourth-order valence-electron chi connectivity index (χ4n) is 9.39. The lowest BCUT2D eigenvalue weighted by molar-refractivity contribution is 0.670. The maximum absolute atomic E-state index is 6.43. The third-order valence-corrected chi connectivity index (χ3v) is 12.5. The first-order valence-electron chi connectivity index (χ1n) is 21.2. The Balaban J connectivity index is 0.924. The molecule has 0 aliphatic heterocycles. The van der Waals surface area contributed by atoms with Crippen LogP contribution in [0.1, 0.15) is 0 Å². The van der Waals surface area contributed by atoms with Gasteiger partial charge in [0.15, 0.2) is 0 Å². The Bertz CT molecular complexity index is 3550. The second kappa shape index (κ2) is 14.8. The molecule has 12 aromatic rings. The normalized spacial score (nSPS) is 11.5. The number of rotatable bonds is 7. The van der Waals surface area contributed by atoms with E-state index in [0.29, 0.717) is 0 Å². The number of hydrogen-bond donors (Lipinski definition) is 0. The smallest absolute Gasteiger partial charge is 0.143 e. The van der Waals surface area contributed by atoms with Crippen molar-refractivity contribution in [2.75, 3.05) is 4.90 Å². The van der Waals surface area contributed by atoms with Crippen LogP contribution in [-0.4, -0.2) is 0 Å². The average molecular weight is 790 g/mol. The van der Waals surface area contributed by atoms with Gasteiger partial charge in [0.25, 0.3) is 0 Å². The monoisotopic (exact) mass is 789 g/mol. The lowest BCUT2D eigenvalue weighted by atomic mass is 9.92. The highest BCUT2D eigenvalue weighted by Gasteiger charge is 2.17. The molecule has 0 radical (unpaired) electrons. The van der Waals surface area contributed by atoms with Gasteiger partial charge in [-0.25, -0.2) is 0 Å². The summed E-state index contributed by atoms with van der Waals surface area (Å²) in [7, 11) is 0. The molecule has 0 aliphatic carbocycles. The number of anilines is 3. The van der Waals surface area contributed by atoms with Crippen LogP contribution in [0.2, 0.25) is 0 Å². The third-order valence-electron chi connectivity index (χ3n) is 12.5. The summed E-state index contributed by atoms with van der Waals surface area (Å²) in [6.07, 6.45) is 0. The zero-order chi connectivity index (χ0) is 41.0. The standard InChI is InChI=1S/C60H39NO/c1-2-11-40(12-3-1)41-21-23-42(24-22-41)43-25-32-47(33-26-43)61(49-36-29-45(30-37-49)50-18-10-19-57-56-17-8-9-20-59(56)62-60(50)57)48-34-27-44(28-35-48)46-31-38-55-53-15-5-4-13-51(53)52-14-6-7-16-54(52)58(55)39-46/h1-39H. The predicted molar refractivity (Wildman–Crippen MR) is 263 cm³/mol. The van der Waals surface area contributed by atoms with Crippen molar-refractivity contribution in [3.05, 3.63) is 237 Å². The molecule has 0 saturated heterocycles. The molecule has 0 atom stereocenters. The summed E-state index contributed by atoms with van der Waals surface area (Å²) >= 11 is 0. The summed E-state index contributed by atoms with van der Waals surface area (Å²) < 4.78 is 6.43. The molecular weight excluding hydrogens is 751 g/mol. The molecule has 2 nitrogen and oxygen atoms in total. The highest BCUT2D eigenvalue weighted by Crippen LogP contribution is 2.41. The maximum atomic E-state index is 6.43. The first-order chi connectivity index (χ1) is 30.7. The van der Waals surface area contributed by atoms with Crippen molar-refractivity contribution in [2.45, 2.75) is 0 Å². The van der Waals surface area contributed by atoms with Gasteiger partial charge in [-0.1, -0.05) is 188 Å². The fraction of sp³-hybridized carbons (Fsp3) is 0. The largest absolute Gasteiger partial charge is 0.455 e. The van der Waals surface area contributed by atoms with Crippen LogP contribution in [0.3, 0.4) is 0 Å². The number of nitrogens with zero attached hydrogens (tertiary/aromatic N) is 1. The SMILES string of the molecule is c1ccc(-c2ccc(-c3ccc(N(c4ccc(-c5ccc6c7ccccc7c7ccccc7c6c5)cc4)c4ccc(-c5cccc6c5oc5ccccc56)cc4)cc3)cc2)cc1. The Labute approximate surface area is 360 Å². The molecule has 0 aliphatic rings. The highest BCUT2D eigenvalue weighted by molar-refractivity contribution is 6.25. The molecule has 0 fully saturated rings. The topological polar surface area (TPSA) is 16.4 Å². The minimum atomic E-state index is 0.905. The van der Waals surface area contributed by atoms with Crippen molar-refractivity contribution < 1.29 is 4.42 Å². The van der Waals surface area contributed by atoms with Crippen molar-refractivity contribution >= 4 is 71.3 Å². The highest BCUT2D eigenvalue weighted by atomic mass is 16.3. The third kappa shape index (κ3) is 6.12. The van der Waals surface area contributed by atoms with Gasteiger partial charge < -0.3 is 9.32 Å². The number of hydrogen-bond acceptors (Lipinski definition) is 2. The second-order valence-electron chi connectivity index (χ2n) is 16.1. The summed E-state index contributed by atoms with van der Waals surface area (Å²) in [5.41, 5.74) is 14.4. The van der Waals surface area contributed by atoms with E-state index in [9.17, 15) is 0 Å². The lowest BCUT2D eigenvalue weighted by Crippen LogP contribution is -2.09. The average Bonchev–Trinajstić information content (AvgIpc) is 3.74. The number of benzene rings is 11. The molecule has 0 N–H and O–H groups in total. The molecule has 12 rings (SSSR count). The van der Waals surface area contributed by atoms with Gasteiger partial charge >= 0.3 is 0 Å². The van der Waals surface area contributed by atoms with Gasteiger partial charge in [0, 0.05) is 33.4 Å². The Morgan fingerprint density at radius 3 is 1.19 bits per heavy atom. The van der Waals surface area contributed by atoms with E-state index >= 15 is 0 Å². The van der Waals surface area contributed by atoms with Gasteiger partial charge in [0.1, 0.15) is 11.2 Å². The van der Waals surface area contributed by atoms with Gasteiger partial charge in [-0.2, -0.15) is 0 Å². The van der Waals surface area contributed by atoms with Gasteiger partial charge in [-0.05, 0) is 120 Å². The van der Waals surface area contributed by atoms with E-state index in [1.807, 2.05) is 12.1 Å². The summed E-state index contributed by atoms with van der Waals surface area (Å²) in [6, 6.07) is 85.3. The molecule has 290 valence electrons. The zero-order valence-corrected chi connectivity index (χ0v) is 33.9. The molecule has 11 aromatic carbocycles. The Morgan fingerprint density at radius 1 is 0.242 bits per heavy atom. The fourth-order valence-corrected chi connectivity index (χ4v) is 9.39. The summed E-state index contributed by atoms with van der Waals surface area (Å²) in [5.74, 6) is 0. The van der Waals surface area contributed by atoms with Crippen LogP contribution in [0.4, 0.5) is 17.1 Å². The van der Waals surface area contributed by atoms with E-state index < -0.39 is 0 Å². The summed E-state index contributed by atoms with van der Waals surface area (Å²) in [4.78, 5) is 2.34. The first kappa shape index (κ1) is 35.7. The molecular formula is C60H39NO. The van der Waals surface area contributed by atoms with E-state index in [2.05, 4.69) is 229 Å². The molecule has 62 heavy (non-hydrogen) atoms. The van der Waals surface area contributed by atoms with Crippen LogP contribution < -0.4 is 4.90 Å². The Kier molecular flexibility index (Phi) is 8.53. The summed E-state index contributed by atoms with van der Waals surface area (Å²) in [6.45, 7) is 0. The number of para-hydroxylation sites is 2. The van der Waals surface area contributed by atoms with E-state index in [-0.39, 0.29) is 0 Å². The molecule has 1 aromatic heterocycles. The molecule has 0 bridgehead atoms. The van der Waals surface area contributed by atoms with E-state index in [1.54, 1.807) is 0 Å². The van der Waals surface area contributed by atoms with Crippen molar-refractivity contribution in [3.8, 4) is 44.5 Å². The van der Waals surface area contributed by atoms with Gasteiger partial charge in [-0.3, -0.25) is 0 Å². The van der Waals surface area contributed by atoms with Crippen molar-refractivity contribution in [2.24, 2.45) is 0 Å². The first-order valence-corrected chi connectivity index (χ1v) is 21.2. The second-order valence-corrected chi connectivity index (χ2v) is 16.1. The van der Waals surface area contributed by atoms with E-state index in [4.69, 9.17) is 4.42 Å². The van der Waals surface area contributed by atoms with Crippen LogP contribution in [0, 0.1) is 0 Å². The molecule has 0 unspecified atom stereocenters. The molecule has 2 heteroatoms. The van der Waals surface area contributed by atoms with Crippen LogP contribution in [0.15, 0.2) is 241 Å². The van der Waals surface area contributed by atoms with Crippen molar-refractivity contribution in [1.29, 1.82) is 0 Å². The maximum Gasteiger partial charge on any atom is 0.143 e. The molecule has 0 saturated carbocycles. The van der Waals surface area contributed by atoms with Crippen LogP contribution in [0.25, 0.3) is 98.8 Å². The minimum Gasteiger partial charge on any atom is -0.455 e. The van der Waals surface area contributed by atoms with Crippen molar-refractivity contribution in [3.63, 3.8) is 0 Å². The molecule has 0 spiro atoms. The van der Waals surface area contributed by atoms with Gasteiger partial charge in [0.05, 0.1) is 0 Å². The predicted octanol–water partition coefficient (Wildman–Crippen LogP) is 17.2. The number of furan rings is 1. The van der Waals surface area contributed by atoms with Crippen molar-refractivity contribution in [1.82, 2.24) is 0 Å². The van der Waals surface area contributed by atoms with Gasteiger partial charge in [0.2, 0.25) is 0 Å².